The molecule has 1 amide bonds. The fourth-order valence-electron chi connectivity index (χ4n) is 3.81. The Balaban J connectivity index is 1.40. The predicted molar refractivity (Wildman–Crippen MR) is 144 cm³/mol. The minimum Gasteiger partial charge on any atom is -0.444 e. The summed E-state index contributed by atoms with van der Waals surface area (Å²) in [4.78, 5) is 19.1. The number of thioether (sulfide) groups is 1. The molecule has 3 aromatic rings. The van der Waals surface area contributed by atoms with Crippen LogP contribution >= 0.6 is 11.8 Å². The summed E-state index contributed by atoms with van der Waals surface area (Å²) in [5.41, 5.74) is -0.239. The highest BCUT2D eigenvalue weighted by molar-refractivity contribution is 7.99. The van der Waals surface area contributed by atoms with Gasteiger partial charge in [-0.1, -0.05) is 24.1 Å². The Kier molecular flexibility index (Phi) is 11.0. The second-order valence-corrected chi connectivity index (χ2v) is 11.3. The van der Waals surface area contributed by atoms with Crippen LogP contribution in [0.15, 0.2) is 41.6 Å². The van der Waals surface area contributed by atoms with Crippen LogP contribution in [0.2, 0.25) is 0 Å². The van der Waals surface area contributed by atoms with Gasteiger partial charge >= 0.3 is 12.3 Å². The smallest absolute Gasteiger partial charge is 0.416 e. The largest absolute Gasteiger partial charge is 0.444 e. The van der Waals surface area contributed by atoms with E-state index >= 15 is 0 Å². The molecule has 2 aromatic heterocycles. The SMILES string of the molecule is COCCN(Cc1cn(CCCCCCSc2ccnc3cc(C(F)(F)F)ccc23)nn1)C(=O)OC(C)(C)C. The van der Waals surface area contributed by atoms with Crippen LogP contribution < -0.4 is 0 Å². The van der Waals surface area contributed by atoms with Gasteiger partial charge in [0, 0.05) is 36.7 Å². The third-order valence-corrected chi connectivity index (χ3v) is 6.88. The Morgan fingerprint density at radius 2 is 1.87 bits per heavy atom. The molecule has 0 atom stereocenters. The summed E-state index contributed by atoms with van der Waals surface area (Å²) in [7, 11) is 1.58. The molecule has 0 spiro atoms. The van der Waals surface area contributed by atoms with Gasteiger partial charge in [-0.15, -0.1) is 16.9 Å². The molecule has 0 aliphatic carbocycles. The maximum atomic E-state index is 13.0. The third-order valence-electron chi connectivity index (χ3n) is 5.73. The van der Waals surface area contributed by atoms with Crippen molar-refractivity contribution in [2.75, 3.05) is 26.0 Å². The molecule has 0 aliphatic rings. The highest BCUT2D eigenvalue weighted by atomic mass is 32.2. The predicted octanol–water partition coefficient (Wildman–Crippen LogP) is 6.58. The van der Waals surface area contributed by atoms with Gasteiger partial charge < -0.3 is 9.47 Å². The number of fused-ring (bicyclic) bond motifs is 1. The fourth-order valence-corrected chi connectivity index (χ4v) is 4.87. The van der Waals surface area contributed by atoms with Crippen LogP contribution in [0, 0.1) is 0 Å². The number of rotatable bonds is 13. The van der Waals surface area contributed by atoms with Crippen LogP contribution in [-0.4, -0.2) is 62.6 Å². The van der Waals surface area contributed by atoms with Crippen molar-refractivity contribution in [1.29, 1.82) is 0 Å². The number of aromatic nitrogens is 4. The van der Waals surface area contributed by atoms with E-state index in [1.807, 2.05) is 33.0 Å². The molecule has 8 nitrogen and oxygen atoms in total. The van der Waals surface area contributed by atoms with E-state index in [2.05, 4.69) is 15.3 Å². The van der Waals surface area contributed by atoms with Crippen LogP contribution in [-0.2, 0) is 28.7 Å². The van der Waals surface area contributed by atoms with E-state index < -0.39 is 23.4 Å². The highest BCUT2D eigenvalue weighted by Gasteiger charge is 2.30. The normalized spacial score (nSPS) is 12.2. The van der Waals surface area contributed by atoms with Crippen molar-refractivity contribution in [3.05, 3.63) is 47.9 Å². The summed E-state index contributed by atoms with van der Waals surface area (Å²) in [5, 5.41) is 9.12. The van der Waals surface area contributed by atoms with Gasteiger partial charge in [0.25, 0.3) is 0 Å². The number of hydrogen-bond donors (Lipinski definition) is 0. The lowest BCUT2D eigenvalue weighted by atomic mass is 10.1. The minimum absolute atomic E-state index is 0.288. The average Bonchev–Trinajstić information content (AvgIpc) is 3.31. The topological polar surface area (TPSA) is 82.4 Å². The number of carbonyl (C=O) groups excluding carboxylic acids is 1. The molecule has 39 heavy (non-hydrogen) atoms. The first-order valence-electron chi connectivity index (χ1n) is 12.9. The van der Waals surface area contributed by atoms with Gasteiger partial charge in [0.2, 0.25) is 0 Å². The van der Waals surface area contributed by atoms with E-state index in [0.717, 1.165) is 60.4 Å². The second-order valence-electron chi connectivity index (χ2n) is 10.2. The molecule has 0 unspecified atom stereocenters. The van der Waals surface area contributed by atoms with Crippen molar-refractivity contribution in [1.82, 2.24) is 24.9 Å². The van der Waals surface area contributed by atoms with Crippen LogP contribution in [0.4, 0.5) is 18.0 Å². The Morgan fingerprint density at radius 3 is 2.59 bits per heavy atom. The summed E-state index contributed by atoms with van der Waals surface area (Å²) in [5.74, 6) is 0.871. The van der Waals surface area contributed by atoms with Gasteiger partial charge in [-0.25, -0.2) is 4.79 Å². The number of aryl methyl sites for hydroxylation is 1. The Morgan fingerprint density at radius 1 is 1.10 bits per heavy atom. The summed E-state index contributed by atoms with van der Waals surface area (Å²) in [6.45, 7) is 7.27. The zero-order valence-corrected chi connectivity index (χ0v) is 23.6. The average molecular weight is 568 g/mol. The first-order chi connectivity index (χ1) is 18.5. The van der Waals surface area contributed by atoms with Crippen LogP contribution in [0.3, 0.4) is 0 Å². The zero-order chi connectivity index (χ0) is 28.5. The first kappa shape index (κ1) is 30.7. The van der Waals surface area contributed by atoms with Crippen molar-refractivity contribution in [3.8, 4) is 0 Å². The van der Waals surface area contributed by atoms with Gasteiger partial charge in [0.05, 0.1) is 30.4 Å². The number of benzene rings is 1. The fraction of sp³-hybridized carbons (Fsp3) is 0.556. The Bertz CT molecular complexity index is 1210. The number of halogens is 3. The number of pyridine rings is 1. The summed E-state index contributed by atoms with van der Waals surface area (Å²) in [6.07, 6.45) is 2.57. The van der Waals surface area contributed by atoms with Crippen molar-refractivity contribution >= 4 is 28.8 Å². The first-order valence-corrected chi connectivity index (χ1v) is 13.9. The number of hydrogen-bond acceptors (Lipinski definition) is 7. The molecule has 214 valence electrons. The van der Waals surface area contributed by atoms with Gasteiger partial charge in [0.15, 0.2) is 0 Å². The highest BCUT2D eigenvalue weighted by Crippen LogP contribution is 2.34. The molecule has 2 heterocycles. The number of nitrogens with zero attached hydrogens (tertiary/aromatic N) is 5. The molecule has 0 radical (unpaired) electrons. The maximum Gasteiger partial charge on any atom is 0.416 e. The minimum atomic E-state index is -4.38. The van der Waals surface area contributed by atoms with Gasteiger partial charge in [-0.3, -0.25) is 14.6 Å². The van der Waals surface area contributed by atoms with Crippen molar-refractivity contribution in [3.63, 3.8) is 0 Å². The number of ether oxygens (including phenoxy) is 2. The zero-order valence-electron chi connectivity index (χ0n) is 22.8. The molecule has 12 heteroatoms. The third kappa shape index (κ3) is 9.99. The second kappa shape index (κ2) is 14.0. The number of methoxy groups -OCH3 is 1. The molecule has 0 bridgehead atoms. The van der Waals surface area contributed by atoms with E-state index in [9.17, 15) is 18.0 Å². The van der Waals surface area contributed by atoms with E-state index in [0.29, 0.717) is 24.4 Å². The molecule has 1 aromatic carbocycles. The molecule has 0 saturated carbocycles. The van der Waals surface area contributed by atoms with Crippen LogP contribution in [0.5, 0.6) is 0 Å². The lowest BCUT2D eigenvalue weighted by Gasteiger charge is -2.26. The summed E-state index contributed by atoms with van der Waals surface area (Å²) >= 11 is 1.64. The molecule has 0 saturated heterocycles. The number of carbonyl (C=O) groups is 1. The van der Waals surface area contributed by atoms with E-state index in [-0.39, 0.29) is 6.54 Å². The van der Waals surface area contributed by atoms with E-state index in [4.69, 9.17) is 9.47 Å². The van der Waals surface area contributed by atoms with Crippen molar-refractivity contribution < 1.29 is 27.4 Å². The molecular formula is C27H36F3N5O3S. The molecule has 0 fully saturated rings. The van der Waals surface area contributed by atoms with Crippen molar-refractivity contribution in [2.45, 2.75) is 76.2 Å². The van der Waals surface area contributed by atoms with E-state index in [1.54, 1.807) is 34.7 Å². The molecular weight excluding hydrogens is 531 g/mol. The summed E-state index contributed by atoms with van der Waals surface area (Å²) < 4.78 is 51.3. The van der Waals surface area contributed by atoms with Gasteiger partial charge in [-0.2, -0.15) is 13.2 Å². The van der Waals surface area contributed by atoms with Crippen LogP contribution in [0.25, 0.3) is 10.9 Å². The molecule has 0 aliphatic heterocycles. The quantitative estimate of drug-likeness (QED) is 0.170. The monoisotopic (exact) mass is 567 g/mol. The lowest BCUT2D eigenvalue weighted by Crippen LogP contribution is -2.38. The van der Waals surface area contributed by atoms with E-state index in [1.165, 1.54) is 6.07 Å². The summed E-state index contributed by atoms with van der Waals surface area (Å²) in [6, 6.07) is 5.56. The molecule has 3 rings (SSSR count). The number of unbranched alkanes of at least 4 members (excludes halogenated alkanes) is 3. The van der Waals surface area contributed by atoms with Gasteiger partial charge in [0.1, 0.15) is 11.3 Å². The standard InChI is InChI=1S/C27H36F3N5O3S/c1-26(2,3)38-25(36)34(14-15-37-4)18-21-19-35(33-32-21)13-7-5-6-8-16-39-24-11-12-31-23-17-20(27(28,29)30)9-10-22(23)24/h9-12,17,19H,5-8,13-16,18H2,1-4H3. The van der Waals surface area contributed by atoms with Crippen LogP contribution in [0.1, 0.15) is 57.7 Å². The van der Waals surface area contributed by atoms with Crippen molar-refractivity contribution in [2.24, 2.45) is 0 Å². The maximum absolute atomic E-state index is 13.0. The number of amides is 1. The Labute approximate surface area is 231 Å². The number of alkyl halides is 3. The van der Waals surface area contributed by atoms with Gasteiger partial charge in [-0.05, 0) is 57.6 Å². The molecule has 0 N–H and O–H groups in total. The lowest BCUT2D eigenvalue weighted by molar-refractivity contribution is -0.137. The Hall–Kier alpha value is -2.86.